The molecule has 160 valence electrons. The average molecular weight is 441 g/mol. The summed E-state index contributed by atoms with van der Waals surface area (Å²) in [6, 6.07) is 4.69. The van der Waals surface area contributed by atoms with Gasteiger partial charge in [-0.25, -0.2) is 27.5 Å². The molecule has 8 nitrogen and oxygen atoms in total. The molecule has 3 rings (SSSR count). The number of halogens is 3. The zero-order valence-electron chi connectivity index (χ0n) is 16.0. The van der Waals surface area contributed by atoms with Crippen LogP contribution in [0.1, 0.15) is 35.2 Å². The number of aryl methyl sites for hydroxylation is 1. The first-order chi connectivity index (χ1) is 14.1. The van der Waals surface area contributed by atoms with Crippen molar-refractivity contribution in [3.63, 3.8) is 0 Å². The Morgan fingerprint density at radius 3 is 2.43 bits per heavy atom. The van der Waals surface area contributed by atoms with Crippen LogP contribution >= 0.6 is 0 Å². The molecule has 0 bridgehead atoms. The molecule has 0 spiro atoms. The highest BCUT2D eigenvalue weighted by molar-refractivity contribution is 7.88. The van der Waals surface area contributed by atoms with Gasteiger partial charge in [0.1, 0.15) is 11.6 Å². The van der Waals surface area contributed by atoms with E-state index in [9.17, 15) is 21.6 Å². The lowest BCUT2D eigenvalue weighted by atomic mass is 9.94. The second kappa shape index (κ2) is 8.88. The van der Waals surface area contributed by atoms with Crippen molar-refractivity contribution in [2.24, 2.45) is 0 Å². The molecule has 0 aliphatic heterocycles. The highest BCUT2D eigenvalue weighted by Crippen LogP contribution is 2.25. The highest BCUT2D eigenvalue weighted by Gasteiger charge is 2.21. The van der Waals surface area contributed by atoms with Crippen molar-refractivity contribution in [1.82, 2.24) is 24.9 Å². The van der Waals surface area contributed by atoms with Crippen LogP contribution in [0.5, 0.6) is 0 Å². The first kappa shape index (κ1) is 21.8. The number of alkyl halides is 2. The molecule has 0 aliphatic rings. The van der Waals surface area contributed by atoms with E-state index in [-0.39, 0.29) is 24.4 Å². The zero-order chi connectivity index (χ0) is 21.9. The lowest BCUT2D eigenvalue weighted by Gasteiger charge is -2.18. The summed E-state index contributed by atoms with van der Waals surface area (Å²) in [5, 5.41) is 6.76. The Morgan fingerprint density at radius 2 is 1.87 bits per heavy atom. The molecule has 0 aliphatic carbocycles. The van der Waals surface area contributed by atoms with Crippen LogP contribution in [0.2, 0.25) is 0 Å². The molecule has 12 heteroatoms. The largest absolute Gasteiger partial charge is 0.415 e. The minimum atomic E-state index is -3.49. The Hall–Kier alpha value is -2.86. The molecule has 3 aromatic rings. The predicted octanol–water partition coefficient (Wildman–Crippen LogP) is 2.79. The number of benzene rings is 1. The Labute approximate surface area is 170 Å². The second-order valence-electron chi connectivity index (χ2n) is 6.68. The molecule has 0 saturated heterocycles. The molecular weight excluding hydrogens is 423 g/mol. The molecule has 1 N–H and O–H groups in total. The topological polar surface area (TPSA) is 111 Å². The maximum absolute atomic E-state index is 14.5. The summed E-state index contributed by atoms with van der Waals surface area (Å²) in [5.74, 6) is -1.70. The van der Waals surface area contributed by atoms with Gasteiger partial charge in [0.25, 0.3) is 11.8 Å². The van der Waals surface area contributed by atoms with Gasteiger partial charge < -0.3 is 4.42 Å². The molecule has 1 unspecified atom stereocenters. The SMILES string of the molecule is Cc1ccc(C(CNS(C)(=O)=O)Cc2ncc(-c3nnc(C(F)F)o3)cn2)c(F)c1. The average Bonchev–Trinajstić information content (AvgIpc) is 3.16. The molecule has 1 aromatic carbocycles. The van der Waals surface area contributed by atoms with Crippen LogP contribution in [-0.4, -0.2) is 41.4 Å². The minimum Gasteiger partial charge on any atom is -0.415 e. The summed E-state index contributed by atoms with van der Waals surface area (Å²) in [4.78, 5) is 8.28. The van der Waals surface area contributed by atoms with E-state index in [1.807, 2.05) is 0 Å². The fourth-order valence-corrected chi connectivity index (χ4v) is 3.24. The Kier molecular flexibility index (Phi) is 6.46. The van der Waals surface area contributed by atoms with E-state index in [2.05, 4.69) is 24.9 Å². The van der Waals surface area contributed by atoms with Crippen molar-refractivity contribution >= 4 is 10.0 Å². The van der Waals surface area contributed by atoms with E-state index in [0.717, 1.165) is 11.8 Å². The van der Waals surface area contributed by atoms with E-state index >= 15 is 0 Å². The quantitative estimate of drug-likeness (QED) is 0.572. The highest BCUT2D eigenvalue weighted by atomic mass is 32.2. The van der Waals surface area contributed by atoms with Crippen molar-refractivity contribution in [3.05, 3.63) is 59.3 Å². The van der Waals surface area contributed by atoms with Crippen LogP contribution in [0.25, 0.3) is 11.5 Å². The summed E-state index contributed by atoms with van der Waals surface area (Å²) in [7, 11) is -3.49. The van der Waals surface area contributed by atoms with Gasteiger partial charge in [-0.2, -0.15) is 8.78 Å². The number of aromatic nitrogens is 4. The fraction of sp³-hybridized carbons (Fsp3) is 0.333. The van der Waals surface area contributed by atoms with E-state index in [0.29, 0.717) is 11.4 Å². The molecule has 2 aromatic heterocycles. The molecule has 30 heavy (non-hydrogen) atoms. The molecule has 0 saturated carbocycles. The smallest absolute Gasteiger partial charge is 0.314 e. The number of hydrogen-bond acceptors (Lipinski definition) is 7. The number of nitrogens with zero attached hydrogens (tertiary/aromatic N) is 4. The van der Waals surface area contributed by atoms with Crippen molar-refractivity contribution in [3.8, 4) is 11.5 Å². The normalized spacial score (nSPS) is 13.0. The van der Waals surface area contributed by atoms with E-state index < -0.39 is 34.1 Å². The Bertz CT molecular complexity index is 1120. The first-order valence-electron chi connectivity index (χ1n) is 8.76. The molecular formula is C18H18F3N5O3S. The molecule has 2 heterocycles. The van der Waals surface area contributed by atoms with Crippen molar-refractivity contribution in [2.45, 2.75) is 25.7 Å². The molecule has 1 atom stereocenters. The van der Waals surface area contributed by atoms with Gasteiger partial charge in [-0.05, 0) is 24.1 Å². The zero-order valence-corrected chi connectivity index (χ0v) is 16.8. The third-order valence-corrected chi connectivity index (χ3v) is 4.89. The van der Waals surface area contributed by atoms with Crippen LogP contribution < -0.4 is 4.72 Å². The van der Waals surface area contributed by atoms with Gasteiger partial charge in [0, 0.05) is 31.3 Å². The fourth-order valence-electron chi connectivity index (χ4n) is 2.74. The van der Waals surface area contributed by atoms with Gasteiger partial charge in [-0.15, -0.1) is 10.2 Å². The van der Waals surface area contributed by atoms with Crippen LogP contribution in [0, 0.1) is 12.7 Å². The van der Waals surface area contributed by atoms with Gasteiger partial charge in [0.2, 0.25) is 10.0 Å². The van der Waals surface area contributed by atoms with Gasteiger partial charge in [0.05, 0.1) is 11.8 Å². The number of nitrogens with one attached hydrogen (secondary N) is 1. The summed E-state index contributed by atoms with van der Waals surface area (Å²) >= 11 is 0. The van der Waals surface area contributed by atoms with Gasteiger partial charge >= 0.3 is 6.43 Å². The van der Waals surface area contributed by atoms with Crippen LogP contribution in [-0.2, 0) is 16.4 Å². The third-order valence-electron chi connectivity index (χ3n) is 4.20. The summed E-state index contributed by atoms with van der Waals surface area (Å²) in [5.41, 5.74) is 1.29. The lowest BCUT2D eigenvalue weighted by molar-refractivity contribution is 0.116. The maximum atomic E-state index is 14.5. The predicted molar refractivity (Wildman–Crippen MR) is 101 cm³/mol. The summed E-state index contributed by atoms with van der Waals surface area (Å²) in [6.45, 7) is 1.70. The van der Waals surface area contributed by atoms with Crippen molar-refractivity contribution < 1.29 is 26.0 Å². The van der Waals surface area contributed by atoms with Gasteiger partial charge in [-0.1, -0.05) is 12.1 Å². The minimum absolute atomic E-state index is 0.0503. The Balaban J connectivity index is 1.82. The van der Waals surface area contributed by atoms with Gasteiger partial charge in [-0.3, -0.25) is 0 Å². The first-order valence-corrected chi connectivity index (χ1v) is 10.6. The molecule has 0 fully saturated rings. The van der Waals surface area contributed by atoms with E-state index in [1.54, 1.807) is 19.1 Å². The second-order valence-corrected chi connectivity index (χ2v) is 8.51. The van der Waals surface area contributed by atoms with Gasteiger partial charge in [0.15, 0.2) is 0 Å². The van der Waals surface area contributed by atoms with Crippen LogP contribution in [0.15, 0.2) is 35.0 Å². The summed E-state index contributed by atoms with van der Waals surface area (Å²) in [6.07, 6.45) is 0.891. The number of hydrogen-bond donors (Lipinski definition) is 1. The van der Waals surface area contributed by atoms with Crippen LogP contribution in [0.4, 0.5) is 13.2 Å². The number of sulfonamides is 1. The maximum Gasteiger partial charge on any atom is 0.314 e. The van der Waals surface area contributed by atoms with Crippen molar-refractivity contribution in [1.29, 1.82) is 0 Å². The van der Waals surface area contributed by atoms with E-state index in [1.165, 1.54) is 18.5 Å². The third kappa shape index (κ3) is 5.60. The lowest BCUT2D eigenvalue weighted by Crippen LogP contribution is -2.29. The standard InChI is InChI=1S/C18H18F3N5O3S/c1-10-3-4-13(14(19)5-10)11(9-24-30(2,27)28)6-15-22-7-12(8-23-15)17-25-26-18(29-17)16(20)21/h3-5,7-8,11,16,24H,6,9H2,1-2H3. The molecule has 0 amide bonds. The van der Waals surface area contributed by atoms with E-state index in [4.69, 9.17) is 4.42 Å². The molecule has 0 radical (unpaired) electrons. The van der Waals surface area contributed by atoms with Crippen LogP contribution in [0.3, 0.4) is 0 Å². The monoisotopic (exact) mass is 441 g/mol. The van der Waals surface area contributed by atoms with Crippen molar-refractivity contribution in [2.75, 3.05) is 12.8 Å². The Morgan fingerprint density at radius 1 is 1.17 bits per heavy atom. The number of rotatable bonds is 8. The summed E-state index contributed by atoms with van der Waals surface area (Å²) < 4.78 is 69.8.